The molecule has 2 aromatic rings. The van der Waals surface area contributed by atoms with Gasteiger partial charge in [-0.3, -0.25) is 0 Å². The van der Waals surface area contributed by atoms with Crippen LogP contribution in [0.5, 0.6) is 23.0 Å². The molecule has 2 amide bonds. The van der Waals surface area contributed by atoms with Crippen molar-refractivity contribution < 1.29 is 28.8 Å². The van der Waals surface area contributed by atoms with Crippen molar-refractivity contribution in [3.8, 4) is 23.0 Å². The fraction of sp³-hybridized carbons (Fsp3) is 0.316. The lowest BCUT2D eigenvalue weighted by Gasteiger charge is -2.24. The Morgan fingerprint density at radius 3 is 2.67 bits per heavy atom. The molecule has 0 aliphatic carbocycles. The third-order valence-electron chi connectivity index (χ3n) is 4.24. The van der Waals surface area contributed by atoms with Gasteiger partial charge in [0.25, 0.3) is 0 Å². The van der Waals surface area contributed by atoms with E-state index in [-0.39, 0.29) is 13.3 Å². The van der Waals surface area contributed by atoms with Crippen LogP contribution in [0.15, 0.2) is 36.4 Å². The molecule has 1 atom stereocenters. The van der Waals surface area contributed by atoms with Gasteiger partial charge in [-0.2, -0.15) is 0 Å². The third-order valence-corrected chi connectivity index (χ3v) is 4.24. The van der Waals surface area contributed by atoms with E-state index >= 15 is 0 Å². The van der Waals surface area contributed by atoms with Gasteiger partial charge in [0, 0.05) is 6.07 Å². The highest BCUT2D eigenvalue weighted by atomic mass is 16.7. The Morgan fingerprint density at radius 2 is 1.93 bits per heavy atom. The maximum absolute atomic E-state index is 12.2. The van der Waals surface area contributed by atoms with Crippen LogP contribution in [0.25, 0.3) is 0 Å². The first-order valence-electron chi connectivity index (χ1n) is 8.32. The smallest absolute Gasteiger partial charge is 0.319 e. The maximum Gasteiger partial charge on any atom is 0.319 e. The number of ether oxygens (including phenoxy) is 4. The van der Waals surface area contributed by atoms with Gasteiger partial charge in [-0.15, -0.1) is 0 Å². The van der Waals surface area contributed by atoms with Crippen molar-refractivity contribution in [1.29, 1.82) is 0 Å². The van der Waals surface area contributed by atoms with E-state index in [4.69, 9.17) is 18.9 Å². The van der Waals surface area contributed by atoms with E-state index in [0.717, 1.165) is 0 Å². The number of benzene rings is 2. The van der Waals surface area contributed by atoms with Gasteiger partial charge in [0.15, 0.2) is 11.5 Å². The monoisotopic (exact) mass is 374 g/mol. The van der Waals surface area contributed by atoms with Gasteiger partial charge in [0.1, 0.15) is 17.1 Å². The summed E-state index contributed by atoms with van der Waals surface area (Å²) in [5, 5.41) is 16.1. The molecular weight excluding hydrogens is 352 g/mol. The highest BCUT2D eigenvalue weighted by Gasteiger charge is 2.26. The van der Waals surface area contributed by atoms with Gasteiger partial charge in [-0.25, -0.2) is 4.79 Å². The molecule has 0 spiro atoms. The van der Waals surface area contributed by atoms with E-state index in [2.05, 4.69) is 10.6 Å². The van der Waals surface area contributed by atoms with Crippen molar-refractivity contribution in [3.63, 3.8) is 0 Å². The Morgan fingerprint density at radius 1 is 1.15 bits per heavy atom. The molecule has 0 saturated carbocycles. The molecule has 0 saturated heterocycles. The number of rotatable bonds is 6. The summed E-state index contributed by atoms with van der Waals surface area (Å²) in [5.41, 5.74) is -0.199. The van der Waals surface area contributed by atoms with Crippen LogP contribution in [0.2, 0.25) is 0 Å². The van der Waals surface area contributed by atoms with Crippen LogP contribution in [0, 0.1) is 0 Å². The highest BCUT2D eigenvalue weighted by Crippen LogP contribution is 2.35. The first-order chi connectivity index (χ1) is 12.9. The second-order valence-corrected chi connectivity index (χ2v) is 6.22. The maximum atomic E-state index is 12.2. The summed E-state index contributed by atoms with van der Waals surface area (Å²) in [7, 11) is 3.05. The number of hydrogen-bond donors (Lipinski definition) is 3. The summed E-state index contributed by atoms with van der Waals surface area (Å²) in [5.74, 6) is 2.28. The molecule has 0 bridgehead atoms. The molecule has 2 aromatic carbocycles. The molecule has 0 fully saturated rings. The Labute approximate surface area is 157 Å². The minimum Gasteiger partial charge on any atom is -0.497 e. The van der Waals surface area contributed by atoms with E-state index in [1.807, 2.05) is 0 Å². The summed E-state index contributed by atoms with van der Waals surface area (Å²) in [6.45, 7) is 1.76. The van der Waals surface area contributed by atoms with Crippen LogP contribution in [0.4, 0.5) is 10.5 Å². The Kier molecular flexibility index (Phi) is 5.27. The fourth-order valence-corrected chi connectivity index (χ4v) is 2.65. The number of urea groups is 1. The lowest BCUT2D eigenvalue weighted by atomic mass is 9.95. The van der Waals surface area contributed by atoms with Crippen LogP contribution in [-0.4, -0.2) is 38.7 Å². The highest BCUT2D eigenvalue weighted by molar-refractivity contribution is 5.91. The molecule has 1 unspecified atom stereocenters. The van der Waals surface area contributed by atoms with Crippen LogP contribution in [0.1, 0.15) is 12.5 Å². The number of aliphatic hydroxyl groups is 1. The van der Waals surface area contributed by atoms with Gasteiger partial charge in [0.2, 0.25) is 6.79 Å². The summed E-state index contributed by atoms with van der Waals surface area (Å²) < 4.78 is 21.0. The molecule has 8 heteroatoms. The standard InChI is InChI=1S/C19H22N2O6/c1-19(23,12-4-7-15-17(8-12)27-11-26-15)10-20-18(22)21-14-6-5-13(24-2)9-16(14)25-3/h4-9,23H,10-11H2,1-3H3,(H2,20,21,22). The molecule has 0 radical (unpaired) electrons. The minimum atomic E-state index is -1.29. The van der Waals surface area contributed by atoms with Crippen molar-refractivity contribution in [2.45, 2.75) is 12.5 Å². The average Bonchev–Trinajstić information content (AvgIpc) is 3.14. The lowest BCUT2D eigenvalue weighted by molar-refractivity contribution is 0.0597. The summed E-state index contributed by atoms with van der Waals surface area (Å²) in [6, 6.07) is 9.74. The van der Waals surface area contributed by atoms with Crippen molar-refractivity contribution in [1.82, 2.24) is 5.32 Å². The number of nitrogens with one attached hydrogen (secondary N) is 2. The second-order valence-electron chi connectivity index (χ2n) is 6.22. The van der Waals surface area contributed by atoms with Crippen LogP contribution in [0.3, 0.4) is 0 Å². The van der Waals surface area contributed by atoms with E-state index in [1.165, 1.54) is 7.11 Å². The van der Waals surface area contributed by atoms with E-state index < -0.39 is 11.6 Å². The molecule has 3 N–H and O–H groups in total. The first-order valence-corrected chi connectivity index (χ1v) is 8.32. The molecule has 1 aliphatic rings. The van der Waals surface area contributed by atoms with Crippen molar-refractivity contribution in [2.75, 3.05) is 32.9 Å². The second kappa shape index (κ2) is 7.63. The largest absolute Gasteiger partial charge is 0.497 e. The zero-order valence-corrected chi connectivity index (χ0v) is 15.4. The van der Waals surface area contributed by atoms with E-state index in [9.17, 15) is 9.90 Å². The molecule has 1 aliphatic heterocycles. The van der Waals surface area contributed by atoms with Gasteiger partial charge in [-0.1, -0.05) is 6.07 Å². The molecular formula is C19H22N2O6. The summed E-state index contributed by atoms with van der Waals surface area (Å²) >= 11 is 0. The van der Waals surface area contributed by atoms with Gasteiger partial charge in [0.05, 0.1) is 26.5 Å². The normalized spacial score (nSPS) is 14.2. The number of amides is 2. The number of hydrogen-bond acceptors (Lipinski definition) is 6. The molecule has 144 valence electrons. The van der Waals surface area contributed by atoms with Crippen LogP contribution >= 0.6 is 0 Å². The zero-order chi connectivity index (χ0) is 19.4. The Hall–Kier alpha value is -3.13. The van der Waals surface area contributed by atoms with Crippen molar-refractivity contribution in [2.24, 2.45) is 0 Å². The number of carbonyl (C=O) groups excluding carboxylic acids is 1. The van der Waals surface area contributed by atoms with Crippen molar-refractivity contribution in [3.05, 3.63) is 42.0 Å². The first kappa shape index (κ1) is 18.7. The minimum absolute atomic E-state index is 0.00303. The Bertz CT molecular complexity index is 837. The lowest BCUT2D eigenvalue weighted by Crippen LogP contribution is -2.40. The summed E-state index contributed by atoms with van der Waals surface area (Å²) in [4.78, 5) is 12.2. The SMILES string of the molecule is COc1ccc(NC(=O)NCC(C)(O)c2ccc3c(c2)OCO3)c(OC)c1. The molecule has 27 heavy (non-hydrogen) atoms. The zero-order valence-electron chi connectivity index (χ0n) is 15.4. The molecule has 3 rings (SSSR count). The van der Waals surface area contributed by atoms with Crippen LogP contribution in [-0.2, 0) is 5.60 Å². The number of fused-ring (bicyclic) bond motifs is 1. The topological polar surface area (TPSA) is 98.3 Å². The predicted molar refractivity (Wildman–Crippen MR) is 98.7 cm³/mol. The molecule has 0 aromatic heterocycles. The van der Waals surface area contributed by atoms with Gasteiger partial charge < -0.3 is 34.7 Å². The third kappa shape index (κ3) is 4.17. The number of carbonyl (C=O) groups is 1. The van der Waals surface area contributed by atoms with Crippen molar-refractivity contribution >= 4 is 11.7 Å². The summed E-state index contributed by atoms with van der Waals surface area (Å²) in [6.07, 6.45) is 0. The predicted octanol–water partition coefficient (Wildman–Crippen LogP) is 2.46. The van der Waals surface area contributed by atoms with E-state index in [0.29, 0.717) is 34.2 Å². The van der Waals surface area contributed by atoms with Gasteiger partial charge in [-0.05, 0) is 36.8 Å². The number of anilines is 1. The average molecular weight is 374 g/mol. The quantitative estimate of drug-likeness (QED) is 0.719. The molecule has 1 heterocycles. The number of methoxy groups -OCH3 is 2. The Balaban J connectivity index is 1.63. The van der Waals surface area contributed by atoms with E-state index in [1.54, 1.807) is 50.4 Å². The van der Waals surface area contributed by atoms with Gasteiger partial charge >= 0.3 is 6.03 Å². The fourth-order valence-electron chi connectivity index (χ4n) is 2.65. The van der Waals surface area contributed by atoms with Crippen LogP contribution < -0.4 is 29.6 Å². The molecule has 8 nitrogen and oxygen atoms in total.